The van der Waals surface area contributed by atoms with E-state index in [0.717, 1.165) is 12.1 Å². The number of hydrogen-bond donors (Lipinski definition) is 1. The lowest BCUT2D eigenvalue weighted by Crippen LogP contribution is -2.10. The minimum absolute atomic E-state index is 0.0484. The lowest BCUT2D eigenvalue weighted by atomic mass is 10.1. The summed E-state index contributed by atoms with van der Waals surface area (Å²) >= 11 is 0. The van der Waals surface area contributed by atoms with Gasteiger partial charge in [-0.1, -0.05) is 6.07 Å². The van der Waals surface area contributed by atoms with Crippen LogP contribution in [0.5, 0.6) is 11.5 Å². The zero-order valence-corrected chi connectivity index (χ0v) is 15.2. The normalized spacial score (nSPS) is 12.8. The molecule has 2 heterocycles. The number of esters is 1. The summed E-state index contributed by atoms with van der Waals surface area (Å²) in [7, 11) is 0. The lowest BCUT2D eigenvalue weighted by molar-refractivity contribution is -0.137. The molecule has 4 rings (SSSR count). The van der Waals surface area contributed by atoms with Crippen molar-refractivity contribution in [1.82, 2.24) is 4.98 Å². The topological polar surface area (TPSA) is 69.7 Å². The Balaban J connectivity index is 1.86. The number of pyridine rings is 1. The van der Waals surface area contributed by atoms with E-state index in [-0.39, 0.29) is 30.3 Å². The average molecular weight is 404 g/mol. The van der Waals surface area contributed by atoms with Gasteiger partial charge in [0, 0.05) is 23.3 Å². The zero-order chi connectivity index (χ0) is 20.6. The first kappa shape index (κ1) is 18.9. The van der Waals surface area contributed by atoms with Crippen molar-refractivity contribution in [2.24, 2.45) is 0 Å². The Hall–Kier alpha value is -3.49. The Morgan fingerprint density at radius 2 is 1.97 bits per heavy atom. The van der Waals surface area contributed by atoms with Crippen molar-refractivity contribution in [3.05, 3.63) is 53.7 Å². The molecule has 0 unspecified atom stereocenters. The molecule has 0 bridgehead atoms. The van der Waals surface area contributed by atoms with Gasteiger partial charge in [-0.15, -0.1) is 0 Å². The third-order valence-electron chi connectivity index (χ3n) is 4.32. The van der Waals surface area contributed by atoms with Crippen LogP contribution in [0.25, 0.3) is 10.9 Å². The second kappa shape index (κ2) is 7.16. The van der Waals surface area contributed by atoms with Gasteiger partial charge in [-0.25, -0.2) is 4.79 Å². The summed E-state index contributed by atoms with van der Waals surface area (Å²) in [5.41, 5.74) is 0.199. The Labute approximate surface area is 163 Å². The fraction of sp³-hybridized carbons (Fsp3) is 0.200. The number of nitrogens with zero attached hydrogens (tertiary/aromatic N) is 1. The number of nitrogens with one attached hydrogen (secondary N) is 1. The van der Waals surface area contributed by atoms with Crippen molar-refractivity contribution in [2.75, 3.05) is 18.7 Å². The summed E-state index contributed by atoms with van der Waals surface area (Å²) in [6, 6.07) is 7.97. The summed E-state index contributed by atoms with van der Waals surface area (Å²) in [6.45, 7) is 1.85. The molecule has 1 aromatic heterocycles. The molecule has 1 aliphatic heterocycles. The molecular formula is C20H15F3N2O4. The fourth-order valence-corrected chi connectivity index (χ4v) is 3.00. The molecule has 0 amide bonds. The van der Waals surface area contributed by atoms with Gasteiger partial charge >= 0.3 is 12.1 Å². The first-order valence-corrected chi connectivity index (χ1v) is 8.70. The van der Waals surface area contributed by atoms with E-state index < -0.39 is 17.7 Å². The SMILES string of the molecule is CCOC(=O)c1cnc2cc3c(cc2c1Nc1cccc(C(F)(F)F)c1)OCO3. The highest BCUT2D eigenvalue weighted by molar-refractivity contribution is 6.06. The molecule has 0 saturated heterocycles. The summed E-state index contributed by atoms with van der Waals surface area (Å²) < 4.78 is 55.0. The summed E-state index contributed by atoms with van der Waals surface area (Å²) in [4.78, 5) is 16.7. The minimum atomic E-state index is -4.49. The number of carbonyl (C=O) groups is 1. The van der Waals surface area contributed by atoms with Gasteiger partial charge in [0.15, 0.2) is 11.5 Å². The van der Waals surface area contributed by atoms with Crippen LogP contribution in [0.15, 0.2) is 42.6 Å². The number of hydrogen-bond acceptors (Lipinski definition) is 6. The first-order valence-electron chi connectivity index (χ1n) is 8.70. The standard InChI is InChI=1S/C20H15F3N2O4/c1-2-27-19(26)14-9-24-15-8-17-16(28-10-29-17)7-13(15)18(14)25-12-5-3-4-11(6-12)20(21,22)23/h3-9H,2,10H2,1H3,(H,24,25). The zero-order valence-electron chi connectivity index (χ0n) is 15.2. The Bertz CT molecular complexity index is 1100. The molecule has 0 saturated carbocycles. The van der Waals surface area contributed by atoms with Gasteiger partial charge in [0.05, 0.1) is 23.4 Å². The molecule has 29 heavy (non-hydrogen) atoms. The van der Waals surface area contributed by atoms with Crippen LogP contribution in [0.3, 0.4) is 0 Å². The van der Waals surface area contributed by atoms with Crippen LogP contribution in [0.2, 0.25) is 0 Å². The maximum atomic E-state index is 13.1. The Morgan fingerprint density at radius 1 is 1.21 bits per heavy atom. The van der Waals surface area contributed by atoms with Gasteiger partial charge in [-0.3, -0.25) is 4.98 Å². The van der Waals surface area contributed by atoms with Crippen LogP contribution in [-0.4, -0.2) is 24.4 Å². The number of halogens is 3. The predicted octanol–water partition coefficient (Wildman–Crippen LogP) is 4.90. The van der Waals surface area contributed by atoms with E-state index in [2.05, 4.69) is 10.3 Å². The second-order valence-corrected chi connectivity index (χ2v) is 6.19. The third-order valence-corrected chi connectivity index (χ3v) is 4.32. The van der Waals surface area contributed by atoms with E-state index in [9.17, 15) is 18.0 Å². The minimum Gasteiger partial charge on any atom is -0.462 e. The molecule has 0 spiro atoms. The Kier molecular flexibility index (Phi) is 4.65. The second-order valence-electron chi connectivity index (χ2n) is 6.19. The van der Waals surface area contributed by atoms with Crippen LogP contribution in [0, 0.1) is 0 Å². The van der Waals surface area contributed by atoms with E-state index in [1.807, 2.05) is 0 Å². The summed E-state index contributed by atoms with van der Waals surface area (Å²) in [6.07, 6.45) is -3.17. The molecule has 0 atom stereocenters. The van der Waals surface area contributed by atoms with Gasteiger partial charge < -0.3 is 19.5 Å². The number of aromatic nitrogens is 1. The first-order chi connectivity index (χ1) is 13.9. The van der Waals surface area contributed by atoms with E-state index >= 15 is 0 Å². The molecule has 9 heteroatoms. The number of carbonyl (C=O) groups excluding carboxylic acids is 1. The van der Waals surface area contributed by atoms with Crippen molar-refractivity contribution >= 4 is 28.2 Å². The molecule has 150 valence electrons. The van der Waals surface area contributed by atoms with Crippen LogP contribution in [0.1, 0.15) is 22.8 Å². The summed E-state index contributed by atoms with van der Waals surface area (Å²) in [5, 5.41) is 3.40. The highest BCUT2D eigenvalue weighted by Gasteiger charge is 2.30. The predicted molar refractivity (Wildman–Crippen MR) is 98.5 cm³/mol. The monoisotopic (exact) mass is 404 g/mol. The molecule has 0 radical (unpaired) electrons. The van der Waals surface area contributed by atoms with E-state index in [4.69, 9.17) is 14.2 Å². The van der Waals surface area contributed by atoms with E-state index in [1.165, 1.54) is 18.3 Å². The van der Waals surface area contributed by atoms with E-state index in [0.29, 0.717) is 22.4 Å². The molecule has 1 N–H and O–H groups in total. The number of fused-ring (bicyclic) bond motifs is 2. The Morgan fingerprint density at radius 3 is 2.69 bits per heavy atom. The molecular weight excluding hydrogens is 389 g/mol. The van der Waals surface area contributed by atoms with Crippen molar-refractivity contribution in [3.8, 4) is 11.5 Å². The average Bonchev–Trinajstić information content (AvgIpc) is 3.14. The number of anilines is 2. The maximum absolute atomic E-state index is 13.1. The fourth-order valence-electron chi connectivity index (χ4n) is 3.00. The highest BCUT2D eigenvalue weighted by Crippen LogP contribution is 2.40. The van der Waals surface area contributed by atoms with Gasteiger partial charge in [-0.05, 0) is 31.2 Å². The van der Waals surface area contributed by atoms with Crippen molar-refractivity contribution in [2.45, 2.75) is 13.1 Å². The largest absolute Gasteiger partial charge is 0.462 e. The molecule has 3 aromatic rings. The maximum Gasteiger partial charge on any atom is 0.416 e. The van der Waals surface area contributed by atoms with Crippen molar-refractivity contribution in [1.29, 1.82) is 0 Å². The van der Waals surface area contributed by atoms with E-state index in [1.54, 1.807) is 19.1 Å². The number of rotatable bonds is 4. The smallest absolute Gasteiger partial charge is 0.416 e. The van der Waals surface area contributed by atoms with Crippen LogP contribution in [-0.2, 0) is 10.9 Å². The van der Waals surface area contributed by atoms with Gasteiger partial charge in [0.25, 0.3) is 0 Å². The van der Waals surface area contributed by atoms with Gasteiger partial charge in [0.1, 0.15) is 5.56 Å². The van der Waals surface area contributed by atoms with Gasteiger partial charge in [0.2, 0.25) is 6.79 Å². The van der Waals surface area contributed by atoms with Crippen LogP contribution >= 0.6 is 0 Å². The van der Waals surface area contributed by atoms with Crippen molar-refractivity contribution < 1.29 is 32.2 Å². The number of alkyl halides is 3. The lowest BCUT2D eigenvalue weighted by Gasteiger charge is -2.16. The number of benzene rings is 2. The van der Waals surface area contributed by atoms with Gasteiger partial charge in [-0.2, -0.15) is 13.2 Å². The highest BCUT2D eigenvalue weighted by atomic mass is 19.4. The quantitative estimate of drug-likeness (QED) is 0.624. The van der Waals surface area contributed by atoms with Crippen LogP contribution in [0.4, 0.5) is 24.5 Å². The molecule has 0 fully saturated rings. The molecule has 1 aliphatic rings. The molecule has 2 aromatic carbocycles. The molecule has 0 aliphatic carbocycles. The summed E-state index contributed by atoms with van der Waals surface area (Å²) in [5.74, 6) is 0.306. The number of ether oxygens (including phenoxy) is 3. The third kappa shape index (κ3) is 3.63. The molecule has 6 nitrogen and oxygen atoms in total. The van der Waals surface area contributed by atoms with Crippen molar-refractivity contribution in [3.63, 3.8) is 0 Å². The van der Waals surface area contributed by atoms with Crippen LogP contribution < -0.4 is 14.8 Å².